The van der Waals surface area contributed by atoms with Gasteiger partial charge < -0.3 is 0 Å². The average Bonchev–Trinajstić information content (AvgIpc) is 2.63. The standard InChI is InChI=1S/C22H22FN3O3/c1-12(2)18-19(20(27)17-10-13(3)9-14(4)24-17)26(22(29)25-21(18)28)11-15-7-5-6-8-16(15)23/h5-10,12H,11H2,1-4H3,(H,25,28,29). The number of nitrogens with one attached hydrogen (secondary N) is 1. The Bertz CT molecular complexity index is 1190. The van der Waals surface area contributed by atoms with Gasteiger partial charge in [0, 0.05) is 16.8 Å². The molecule has 1 aromatic carbocycles. The number of aryl methyl sites for hydroxylation is 2. The molecular weight excluding hydrogens is 373 g/mol. The van der Waals surface area contributed by atoms with Crippen LogP contribution in [-0.4, -0.2) is 20.3 Å². The first kappa shape index (κ1) is 20.4. The third-order valence-corrected chi connectivity index (χ3v) is 4.64. The molecule has 0 aliphatic rings. The first-order chi connectivity index (χ1) is 13.7. The molecule has 0 aliphatic heterocycles. The summed E-state index contributed by atoms with van der Waals surface area (Å²) in [6.07, 6.45) is 0. The normalized spacial score (nSPS) is 11.1. The smallest absolute Gasteiger partial charge is 0.285 e. The lowest BCUT2D eigenvalue weighted by molar-refractivity contribution is 0.102. The lowest BCUT2D eigenvalue weighted by Gasteiger charge is -2.17. The van der Waals surface area contributed by atoms with Crippen LogP contribution in [0.25, 0.3) is 0 Å². The molecule has 29 heavy (non-hydrogen) atoms. The predicted molar refractivity (Wildman–Crippen MR) is 108 cm³/mol. The van der Waals surface area contributed by atoms with Crippen LogP contribution in [0.2, 0.25) is 0 Å². The van der Waals surface area contributed by atoms with Crippen molar-refractivity contribution in [1.29, 1.82) is 0 Å². The Kier molecular flexibility index (Phi) is 5.59. The van der Waals surface area contributed by atoms with Crippen LogP contribution >= 0.6 is 0 Å². The van der Waals surface area contributed by atoms with Gasteiger partial charge in [0.1, 0.15) is 17.2 Å². The van der Waals surface area contributed by atoms with Crippen LogP contribution < -0.4 is 11.2 Å². The number of hydrogen-bond acceptors (Lipinski definition) is 4. The number of nitrogens with zero attached hydrogens (tertiary/aromatic N) is 2. The van der Waals surface area contributed by atoms with Crippen molar-refractivity contribution in [3.8, 4) is 0 Å². The molecule has 3 rings (SSSR count). The average molecular weight is 395 g/mol. The molecule has 0 saturated heterocycles. The topological polar surface area (TPSA) is 84.8 Å². The lowest BCUT2D eigenvalue weighted by atomic mass is 9.98. The van der Waals surface area contributed by atoms with Gasteiger partial charge in [-0.15, -0.1) is 0 Å². The van der Waals surface area contributed by atoms with Crippen molar-refractivity contribution in [3.05, 3.63) is 96.8 Å². The van der Waals surface area contributed by atoms with E-state index in [1.807, 2.05) is 13.0 Å². The van der Waals surface area contributed by atoms with Crippen molar-refractivity contribution in [2.75, 3.05) is 0 Å². The van der Waals surface area contributed by atoms with E-state index < -0.39 is 22.8 Å². The molecular formula is C22H22FN3O3. The minimum atomic E-state index is -0.768. The third kappa shape index (κ3) is 4.08. The maximum atomic E-state index is 14.2. The molecule has 0 fully saturated rings. The second-order valence-corrected chi connectivity index (χ2v) is 7.35. The zero-order chi connectivity index (χ0) is 21.3. The monoisotopic (exact) mass is 395 g/mol. The zero-order valence-corrected chi connectivity index (χ0v) is 16.7. The fraction of sp³-hybridized carbons (Fsp3) is 0.273. The largest absolute Gasteiger partial charge is 0.329 e. The molecule has 6 nitrogen and oxygen atoms in total. The quantitative estimate of drug-likeness (QED) is 0.673. The fourth-order valence-corrected chi connectivity index (χ4v) is 3.39. The number of halogens is 1. The molecule has 2 aromatic heterocycles. The van der Waals surface area contributed by atoms with E-state index in [0.29, 0.717) is 5.69 Å². The molecule has 0 bridgehead atoms. The molecule has 2 heterocycles. The van der Waals surface area contributed by atoms with Crippen LogP contribution in [0.4, 0.5) is 4.39 Å². The number of ketones is 1. The molecule has 0 radical (unpaired) electrons. The predicted octanol–water partition coefficient (Wildman–Crippen LogP) is 3.09. The van der Waals surface area contributed by atoms with Gasteiger partial charge in [0.25, 0.3) is 5.56 Å². The van der Waals surface area contributed by atoms with E-state index in [4.69, 9.17) is 0 Å². The number of carbonyl (C=O) groups excluding carboxylic acids is 1. The van der Waals surface area contributed by atoms with Crippen molar-refractivity contribution >= 4 is 5.78 Å². The number of aromatic amines is 1. The van der Waals surface area contributed by atoms with Crippen molar-refractivity contribution in [3.63, 3.8) is 0 Å². The van der Waals surface area contributed by atoms with Crippen LogP contribution in [-0.2, 0) is 6.54 Å². The van der Waals surface area contributed by atoms with Crippen LogP contribution in [0.3, 0.4) is 0 Å². The zero-order valence-electron chi connectivity index (χ0n) is 16.7. The number of carbonyl (C=O) groups is 1. The highest BCUT2D eigenvalue weighted by Gasteiger charge is 2.26. The highest BCUT2D eigenvalue weighted by atomic mass is 19.1. The van der Waals surface area contributed by atoms with Crippen molar-refractivity contribution in [1.82, 2.24) is 14.5 Å². The van der Waals surface area contributed by atoms with E-state index >= 15 is 0 Å². The van der Waals surface area contributed by atoms with Gasteiger partial charge in [0.15, 0.2) is 0 Å². The van der Waals surface area contributed by atoms with Crippen LogP contribution in [0.5, 0.6) is 0 Å². The molecule has 0 atom stereocenters. The lowest BCUT2D eigenvalue weighted by Crippen LogP contribution is -2.38. The summed E-state index contributed by atoms with van der Waals surface area (Å²) in [6, 6.07) is 9.43. The van der Waals surface area contributed by atoms with E-state index in [1.54, 1.807) is 39.0 Å². The number of H-pyrrole nitrogens is 1. The van der Waals surface area contributed by atoms with Crippen LogP contribution in [0.15, 0.2) is 46.0 Å². The van der Waals surface area contributed by atoms with Crippen molar-refractivity contribution in [2.45, 2.75) is 40.2 Å². The highest BCUT2D eigenvalue weighted by molar-refractivity contribution is 6.07. The number of rotatable bonds is 5. The summed E-state index contributed by atoms with van der Waals surface area (Å²) < 4.78 is 15.3. The van der Waals surface area contributed by atoms with Gasteiger partial charge in [0.05, 0.1) is 6.54 Å². The van der Waals surface area contributed by atoms with Gasteiger partial charge in [-0.2, -0.15) is 0 Å². The Morgan fingerprint density at radius 3 is 2.48 bits per heavy atom. The Balaban J connectivity index is 2.30. The van der Waals surface area contributed by atoms with Crippen molar-refractivity contribution < 1.29 is 9.18 Å². The summed E-state index contributed by atoms with van der Waals surface area (Å²) in [5.74, 6) is -1.38. The summed E-state index contributed by atoms with van der Waals surface area (Å²) in [7, 11) is 0. The Morgan fingerprint density at radius 2 is 1.86 bits per heavy atom. The van der Waals surface area contributed by atoms with E-state index in [2.05, 4.69) is 9.97 Å². The minimum Gasteiger partial charge on any atom is -0.285 e. The van der Waals surface area contributed by atoms with Gasteiger partial charge in [-0.3, -0.25) is 19.1 Å². The summed E-state index contributed by atoms with van der Waals surface area (Å²) in [4.78, 5) is 45.1. The number of aromatic nitrogens is 3. The number of benzene rings is 1. The van der Waals surface area contributed by atoms with Crippen LogP contribution in [0, 0.1) is 19.7 Å². The first-order valence-corrected chi connectivity index (χ1v) is 9.29. The fourth-order valence-electron chi connectivity index (χ4n) is 3.39. The molecule has 3 aromatic rings. The SMILES string of the molecule is Cc1cc(C)nc(C(=O)c2c(C(C)C)c(=O)[nH]c(=O)n2Cc2ccccc2F)c1. The second kappa shape index (κ2) is 7.95. The molecule has 0 spiro atoms. The van der Waals surface area contributed by atoms with Crippen molar-refractivity contribution in [2.24, 2.45) is 0 Å². The minimum absolute atomic E-state index is 0.0606. The molecule has 0 aliphatic carbocycles. The molecule has 0 amide bonds. The summed E-state index contributed by atoms with van der Waals surface area (Å²) in [6.45, 7) is 6.92. The van der Waals surface area contributed by atoms with E-state index in [-0.39, 0.29) is 35.0 Å². The van der Waals surface area contributed by atoms with Gasteiger partial charge in [-0.1, -0.05) is 32.0 Å². The molecule has 150 valence electrons. The van der Waals surface area contributed by atoms with Gasteiger partial charge in [-0.05, 0) is 43.5 Å². The molecule has 0 unspecified atom stereocenters. The number of hydrogen-bond donors (Lipinski definition) is 1. The number of pyridine rings is 1. The van der Waals surface area contributed by atoms with E-state index in [1.165, 1.54) is 12.1 Å². The Morgan fingerprint density at radius 1 is 1.17 bits per heavy atom. The van der Waals surface area contributed by atoms with Crippen LogP contribution in [0.1, 0.15) is 58.3 Å². The maximum Gasteiger partial charge on any atom is 0.329 e. The molecule has 1 N–H and O–H groups in total. The van der Waals surface area contributed by atoms with Gasteiger partial charge >= 0.3 is 5.69 Å². The van der Waals surface area contributed by atoms with Gasteiger partial charge in [-0.25, -0.2) is 14.2 Å². The third-order valence-electron chi connectivity index (χ3n) is 4.64. The van der Waals surface area contributed by atoms with E-state index in [9.17, 15) is 18.8 Å². The highest BCUT2D eigenvalue weighted by Crippen LogP contribution is 2.19. The van der Waals surface area contributed by atoms with E-state index in [0.717, 1.165) is 10.1 Å². The molecule has 7 heteroatoms. The van der Waals surface area contributed by atoms with Gasteiger partial charge in [0.2, 0.25) is 5.78 Å². The maximum absolute atomic E-state index is 14.2. The molecule has 0 saturated carbocycles. The Labute approximate surface area is 167 Å². The summed E-state index contributed by atoms with van der Waals surface area (Å²) >= 11 is 0. The Hall–Kier alpha value is -3.35. The summed E-state index contributed by atoms with van der Waals surface area (Å²) in [5.41, 5.74) is 0.571. The summed E-state index contributed by atoms with van der Waals surface area (Å²) in [5, 5.41) is 0. The second-order valence-electron chi connectivity index (χ2n) is 7.35. The first-order valence-electron chi connectivity index (χ1n) is 9.29.